The zero-order valence-corrected chi connectivity index (χ0v) is 17.7. The highest BCUT2D eigenvalue weighted by atomic mass is 32.2. The van der Waals surface area contributed by atoms with E-state index in [0.29, 0.717) is 0 Å². The molecule has 1 aromatic carbocycles. The highest BCUT2D eigenvalue weighted by Crippen LogP contribution is 2.31. The smallest absolute Gasteiger partial charge is 0.330 e. The van der Waals surface area contributed by atoms with Gasteiger partial charge in [0.05, 0.1) is 22.7 Å². The summed E-state index contributed by atoms with van der Waals surface area (Å²) in [5.41, 5.74) is 2.95. The van der Waals surface area contributed by atoms with Gasteiger partial charge >= 0.3 is 5.76 Å². The topological polar surface area (TPSA) is 72.3 Å². The maximum absolute atomic E-state index is 13.5. The Morgan fingerprint density at radius 1 is 1.20 bits per heavy atom. The van der Waals surface area contributed by atoms with Crippen molar-refractivity contribution in [2.24, 2.45) is 7.05 Å². The number of hydrogen-bond acceptors (Lipinski definition) is 4. The van der Waals surface area contributed by atoms with E-state index in [1.54, 1.807) is 4.90 Å². The molecule has 0 N–H and O–H groups in total. The molecule has 9 heteroatoms. The van der Waals surface area contributed by atoms with Crippen LogP contribution < -0.4 is 0 Å². The molecule has 0 bridgehead atoms. The molecule has 2 aliphatic rings. The van der Waals surface area contributed by atoms with Gasteiger partial charge in [-0.3, -0.25) is 9.48 Å². The molecule has 1 aromatic heterocycles. The summed E-state index contributed by atoms with van der Waals surface area (Å²) in [7, 11) is -3.00. The van der Waals surface area contributed by atoms with E-state index in [-0.39, 0.29) is 18.2 Å². The first-order chi connectivity index (χ1) is 14.3. The van der Waals surface area contributed by atoms with E-state index in [9.17, 15) is 22.0 Å². The number of nitrogens with zero attached hydrogens (tertiary/aromatic N) is 3. The van der Waals surface area contributed by atoms with Gasteiger partial charge in [-0.2, -0.15) is 13.9 Å². The highest BCUT2D eigenvalue weighted by molar-refractivity contribution is 7.91. The minimum Gasteiger partial charge on any atom is -0.330 e. The van der Waals surface area contributed by atoms with Crippen molar-refractivity contribution in [1.29, 1.82) is 0 Å². The van der Waals surface area contributed by atoms with Crippen LogP contribution in [0.3, 0.4) is 0 Å². The van der Waals surface area contributed by atoms with Crippen LogP contribution in [0.1, 0.15) is 59.4 Å². The van der Waals surface area contributed by atoms with Gasteiger partial charge in [-0.15, -0.1) is 0 Å². The summed E-state index contributed by atoms with van der Waals surface area (Å²) in [6.45, 7) is 0.260. The summed E-state index contributed by atoms with van der Waals surface area (Å²) >= 11 is 0. The molecular formula is C21H25F2N3O3S. The SMILES string of the molecule is Cn1nc(CN(C(=O)c2ccccc2S(=O)(=O)C(F)F)C2CCCC2)c2c1CCC2. The van der Waals surface area contributed by atoms with Crippen molar-refractivity contribution in [1.82, 2.24) is 14.7 Å². The number of carbonyl (C=O) groups excluding carboxylic acids is 1. The van der Waals surface area contributed by atoms with Crippen LogP contribution in [-0.2, 0) is 36.3 Å². The van der Waals surface area contributed by atoms with Crippen molar-refractivity contribution < 1.29 is 22.0 Å². The average Bonchev–Trinajstić information content (AvgIpc) is 3.46. The lowest BCUT2D eigenvalue weighted by Gasteiger charge is -2.29. The third-order valence-electron chi connectivity index (χ3n) is 6.20. The molecule has 0 unspecified atom stereocenters. The Morgan fingerprint density at radius 2 is 1.90 bits per heavy atom. The summed E-state index contributed by atoms with van der Waals surface area (Å²) < 4.78 is 52.6. The minimum absolute atomic E-state index is 0.0566. The molecular weight excluding hydrogens is 412 g/mol. The normalized spacial score (nSPS) is 16.9. The molecule has 0 spiro atoms. The van der Waals surface area contributed by atoms with Crippen molar-refractivity contribution in [2.45, 2.75) is 68.2 Å². The fourth-order valence-corrected chi connectivity index (χ4v) is 5.63. The van der Waals surface area contributed by atoms with Crippen LogP contribution >= 0.6 is 0 Å². The molecule has 2 aliphatic carbocycles. The average molecular weight is 438 g/mol. The first kappa shape index (κ1) is 21.0. The molecule has 4 rings (SSSR count). The summed E-state index contributed by atoms with van der Waals surface area (Å²) in [4.78, 5) is 14.6. The van der Waals surface area contributed by atoms with Crippen LogP contribution in [0.2, 0.25) is 0 Å². The van der Waals surface area contributed by atoms with Gasteiger partial charge in [0.2, 0.25) is 9.84 Å². The first-order valence-electron chi connectivity index (χ1n) is 10.3. The Labute approximate surface area is 174 Å². The fourth-order valence-electron chi connectivity index (χ4n) is 4.71. The monoisotopic (exact) mass is 437 g/mol. The van der Waals surface area contributed by atoms with Crippen LogP contribution in [-0.4, -0.2) is 40.8 Å². The number of aromatic nitrogens is 2. The summed E-state index contributed by atoms with van der Waals surface area (Å²) in [5.74, 6) is -4.11. The molecule has 0 saturated heterocycles. The van der Waals surface area contributed by atoms with Gasteiger partial charge in [-0.05, 0) is 49.8 Å². The van der Waals surface area contributed by atoms with Crippen molar-refractivity contribution in [3.05, 3.63) is 46.8 Å². The van der Waals surface area contributed by atoms with Gasteiger partial charge in [-0.1, -0.05) is 25.0 Å². The van der Waals surface area contributed by atoms with Gasteiger partial charge < -0.3 is 4.90 Å². The van der Waals surface area contributed by atoms with E-state index in [4.69, 9.17) is 0 Å². The lowest BCUT2D eigenvalue weighted by atomic mass is 10.1. The summed E-state index contributed by atoms with van der Waals surface area (Å²) in [6, 6.07) is 5.21. The number of halogens is 2. The quantitative estimate of drug-likeness (QED) is 0.694. The van der Waals surface area contributed by atoms with E-state index in [2.05, 4.69) is 5.10 Å². The Morgan fingerprint density at radius 3 is 2.60 bits per heavy atom. The van der Waals surface area contributed by atoms with Crippen LogP contribution in [0.15, 0.2) is 29.2 Å². The second-order valence-electron chi connectivity index (χ2n) is 8.02. The van der Waals surface area contributed by atoms with E-state index in [1.807, 2.05) is 11.7 Å². The Hall–Kier alpha value is -2.29. The first-order valence-corrected chi connectivity index (χ1v) is 11.8. The standard InChI is InChI=1S/C21H25F2N3O3S/c1-25-18-11-6-10-15(18)17(24-25)13-26(14-7-2-3-8-14)20(27)16-9-4-5-12-19(16)30(28,29)21(22)23/h4-5,9,12,14,21H,2-3,6-8,10-11,13H2,1H3. The zero-order chi connectivity index (χ0) is 21.5. The molecule has 162 valence electrons. The second-order valence-corrected chi connectivity index (χ2v) is 9.91. The van der Waals surface area contributed by atoms with Crippen LogP contribution in [0.5, 0.6) is 0 Å². The number of aryl methyl sites for hydroxylation is 1. The third-order valence-corrected chi connectivity index (χ3v) is 7.64. The predicted molar refractivity (Wildman–Crippen MR) is 107 cm³/mol. The predicted octanol–water partition coefficient (Wildman–Crippen LogP) is 3.49. The van der Waals surface area contributed by atoms with E-state index in [0.717, 1.165) is 62.3 Å². The molecule has 1 heterocycles. The third kappa shape index (κ3) is 3.64. The van der Waals surface area contributed by atoms with Crippen molar-refractivity contribution in [2.75, 3.05) is 0 Å². The number of carbonyl (C=O) groups is 1. The second kappa shape index (κ2) is 8.09. The number of benzene rings is 1. The van der Waals surface area contributed by atoms with E-state index >= 15 is 0 Å². The zero-order valence-electron chi connectivity index (χ0n) is 16.9. The summed E-state index contributed by atoms with van der Waals surface area (Å²) in [5, 5.41) is 4.60. The maximum Gasteiger partial charge on any atom is 0.341 e. The Bertz CT molecular complexity index is 1060. The molecule has 2 aromatic rings. The molecule has 1 fully saturated rings. The Kier molecular flexibility index (Phi) is 5.65. The molecule has 0 aliphatic heterocycles. The molecule has 30 heavy (non-hydrogen) atoms. The lowest BCUT2D eigenvalue weighted by molar-refractivity contribution is 0.0656. The van der Waals surface area contributed by atoms with Gasteiger partial charge in [-0.25, -0.2) is 8.42 Å². The molecule has 0 atom stereocenters. The molecule has 1 saturated carbocycles. The summed E-state index contributed by atoms with van der Waals surface area (Å²) in [6.07, 6.45) is 6.47. The van der Waals surface area contributed by atoms with E-state index in [1.165, 1.54) is 23.9 Å². The van der Waals surface area contributed by atoms with Crippen LogP contribution in [0.4, 0.5) is 8.78 Å². The molecule has 6 nitrogen and oxygen atoms in total. The fraction of sp³-hybridized carbons (Fsp3) is 0.524. The largest absolute Gasteiger partial charge is 0.341 e. The van der Waals surface area contributed by atoms with Crippen molar-refractivity contribution in [3.63, 3.8) is 0 Å². The molecule has 1 amide bonds. The maximum atomic E-state index is 13.5. The number of fused-ring (bicyclic) bond motifs is 1. The minimum atomic E-state index is -4.89. The van der Waals surface area contributed by atoms with Crippen LogP contribution in [0.25, 0.3) is 0 Å². The van der Waals surface area contributed by atoms with Gasteiger partial charge in [0.25, 0.3) is 5.91 Å². The molecule has 0 radical (unpaired) electrons. The lowest BCUT2D eigenvalue weighted by Crippen LogP contribution is -2.39. The van der Waals surface area contributed by atoms with Gasteiger partial charge in [0.1, 0.15) is 0 Å². The highest BCUT2D eigenvalue weighted by Gasteiger charge is 2.35. The number of hydrogen-bond donors (Lipinski definition) is 0. The van der Waals surface area contributed by atoms with Crippen LogP contribution in [0, 0.1) is 0 Å². The number of alkyl halides is 2. The van der Waals surface area contributed by atoms with E-state index < -0.39 is 26.4 Å². The van der Waals surface area contributed by atoms with Gasteiger partial charge in [0, 0.05) is 18.8 Å². The number of rotatable bonds is 6. The number of sulfone groups is 1. The van der Waals surface area contributed by atoms with Gasteiger partial charge in [0.15, 0.2) is 0 Å². The van der Waals surface area contributed by atoms with Crippen molar-refractivity contribution in [3.8, 4) is 0 Å². The Balaban J connectivity index is 1.73. The van der Waals surface area contributed by atoms with Crippen molar-refractivity contribution >= 4 is 15.7 Å². The number of amides is 1.